The van der Waals surface area contributed by atoms with Crippen LogP contribution in [0.25, 0.3) is 0 Å². The number of rotatable bonds is 5. The van der Waals surface area contributed by atoms with Crippen LogP contribution in [0.3, 0.4) is 0 Å². The zero-order valence-electron chi connectivity index (χ0n) is 11.4. The van der Waals surface area contributed by atoms with Crippen molar-refractivity contribution in [2.24, 2.45) is 5.10 Å². The second-order valence-electron chi connectivity index (χ2n) is 4.09. The molecule has 0 aliphatic rings. The Labute approximate surface area is 128 Å². The molecular formula is C12H12N6O3S. The van der Waals surface area contributed by atoms with Gasteiger partial charge in [-0.1, -0.05) is 17.8 Å². The maximum Gasteiger partial charge on any atom is 0.342 e. The van der Waals surface area contributed by atoms with Crippen molar-refractivity contribution < 1.29 is 4.79 Å². The van der Waals surface area contributed by atoms with Gasteiger partial charge in [-0.2, -0.15) is 10.2 Å². The zero-order valence-corrected chi connectivity index (χ0v) is 12.3. The normalized spacial score (nSPS) is 12.2. The van der Waals surface area contributed by atoms with Crippen LogP contribution in [0, 0.1) is 0 Å². The van der Waals surface area contributed by atoms with E-state index in [0.29, 0.717) is 0 Å². The maximum atomic E-state index is 11.8. The van der Waals surface area contributed by atoms with Crippen molar-refractivity contribution in [1.29, 1.82) is 0 Å². The molecule has 2 rings (SSSR count). The van der Waals surface area contributed by atoms with Gasteiger partial charge in [-0.3, -0.25) is 19.6 Å². The van der Waals surface area contributed by atoms with Gasteiger partial charge in [0.15, 0.2) is 5.03 Å². The highest BCUT2D eigenvalue weighted by Gasteiger charge is 2.16. The molecule has 0 radical (unpaired) electrons. The molecule has 0 fully saturated rings. The molecule has 0 aliphatic carbocycles. The molecule has 3 N–H and O–H groups in total. The molecule has 114 valence electrons. The maximum absolute atomic E-state index is 11.8. The van der Waals surface area contributed by atoms with E-state index in [1.54, 1.807) is 31.5 Å². The van der Waals surface area contributed by atoms with Crippen LogP contribution in [-0.4, -0.2) is 37.5 Å². The first kappa shape index (κ1) is 15.6. The van der Waals surface area contributed by atoms with Crippen LogP contribution in [0.1, 0.15) is 12.5 Å². The highest BCUT2D eigenvalue weighted by Crippen LogP contribution is 2.16. The van der Waals surface area contributed by atoms with Crippen molar-refractivity contribution in [2.45, 2.75) is 17.2 Å². The number of amides is 1. The second-order valence-corrected chi connectivity index (χ2v) is 5.42. The smallest absolute Gasteiger partial charge is 0.272 e. The highest BCUT2D eigenvalue weighted by atomic mass is 32.2. The summed E-state index contributed by atoms with van der Waals surface area (Å²) in [7, 11) is 0. The van der Waals surface area contributed by atoms with E-state index in [0.717, 1.165) is 17.3 Å². The van der Waals surface area contributed by atoms with Gasteiger partial charge in [-0.15, -0.1) is 0 Å². The summed E-state index contributed by atoms with van der Waals surface area (Å²) in [6.07, 6.45) is 4.67. The van der Waals surface area contributed by atoms with Crippen molar-refractivity contribution in [3.8, 4) is 0 Å². The SMILES string of the molecule is CC(Sc1n[nH]c(=O)[nH]c1=O)C(=O)N/N=C/c1cccnc1. The number of hydrazone groups is 1. The number of carbonyl (C=O) groups is 1. The van der Waals surface area contributed by atoms with Crippen LogP contribution >= 0.6 is 11.8 Å². The molecule has 0 spiro atoms. The minimum atomic E-state index is -0.701. The van der Waals surface area contributed by atoms with Gasteiger partial charge in [0.25, 0.3) is 11.5 Å². The van der Waals surface area contributed by atoms with Crippen LogP contribution in [-0.2, 0) is 4.79 Å². The van der Waals surface area contributed by atoms with Crippen LogP contribution in [0.15, 0.2) is 44.2 Å². The van der Waals surface area contributed by atoms with Crippen molar-refractivity contribution in [3.05, 3.63) is 50.9 Å². The Bertz CT molecular complexity index is 785. The summed E-state index contributed by atoms with van der Waals surface area (Å²) in [5.41, 5.74) is 1.74. The fourth-order valence-corrected chi connectivity index (χ4v) is 2.10. The molecule has 9 nitrogen and oxygen atoms in total. The lowest BCUT2D eigenvalue weighted by Crippen LogP contribution is -2.30. The number of aromatic nitrogens is 4. The fraction of sp³-hybridized carbons (Fsp3) is 0.167. The van der Waals surface area contributed by atoms with Crippen LogP contribution in [0.5, 0.6) is 0 Å². The van der Waals surface area contributed by atoms with Crippen molar-refractivity contribution >= 4 is 23.9 Å². The van der Waals surface area contributed by atoms with Crippen molar-refractivity contribution in [3.63, 3.8) is 0 Å². The van der Waals surface area contributed by atoms with E-state index in [9.17, 15) is 14.4 Å². The molecule has 2 aromatic rings. The zero-order chi connectivity index (χ0) is 15.9. The molecule has 2 aromatic heterocycles. The predicted molar refractivity (Wildman–Crippen MR) is 80.8 cm³/mol. The van der Waals surface area contributed by atoms with E-state index >= 15 is 0 Å². The number of thioether (sulfide) groups is 1. The van der Waals surface area contributed by atoms with Gasteiger partial charge in [-0.25, -0.2) is 15.3 Å². The number of hydrogen-bond donors (Lipinski definition) is 3. The third kappa shape index (κ3) is 4.38. The van der Waals surface area contributed by atoms with E-state index in [4.69, 9.17) is 0 Å². The lowest BCUT2D eigenvalue weighted by Gasteiger charge is -2.07. The van der Waals surface area contributed by atoms with Gasteiger partial charge in [0.2, 0.25) is 0 Å². The molecule has 0 bridgehead atoms. The fourth-order valence-electron chi connectivity index (χ4n) is 1.35. The Balaban J connectivity index is 1.93. The Morgan fingerprint density at radius 3 is 3.00 bits per heavy atom. The summed E-state index contributed by atoms with van der Waals surface area (Å²) in [6, 6.07) is 3.53. The molecule has 1 unspecified atom stereocenters. The molecule has 0 aromatic carbocycles. The van der Waals surface area contributed by atoms with Crippen molar-refractivity contribution in [1.82, 2.24) is 25.6 Å². The lowest BCUT2D eigenvalue weighted by atomic mass is 10.3. The third-order valence-electron chi connectivity index (χ3n) is 2.41. The van der Waals surface area contributed by atoms with Crippen LogP contribution < -0.4 is 16.7 Å². The average Bonchev–Trinajstić information content (AvgIpc) is 2.51. The quantitative estimate of drug-likeness (QED) is 0.386. The van der Waals surface area contributed by atoms with E-state index in [1.807, 2.05) is 4.98 Å². The van der Waals surface area contributed by atoms with E-state index < -0.39 is 22.4 Å². The van der Waals surface area contributed by atoms with Gasteiger partial charge in [0.1, 0.15) is 0 Å². The minimum absolute atomic E-state index is 0.00140. The molecule has 0 saturated heterocycles. The van der Waals surface area contributed by atoms with Crippen LogP contribution in [0.2, 0.25) is 0 Å². The monoisotopic (exact) mass is 320 g/mol. The topological polar surface area (TPSA) is 133 Å². The number of hydrogen-bond acceptors (Lipinski definition) is 7. The number of carbonyl (C=O) groups excluding carboxylic acids is 1. The van der Waals surface area contributed by atoms with Gasteiger partial charge in [0.05, 0.1) is 11.5 Å². The molecule has 1 atom stereocenters. The summed E-state index contributed by atoms with van der Waals surface area (Å²) in [5.74, 6) is -0.405. The molecule has 1 amide bonds. The largest absolute Gasteiger partial charge is 0.342 e. The molecule has 0 aliphatic heterocycles. The summed E-state index contributed by atoms with van der Waals surface area (Å²) >= 11 is 0.910. The van der Waals surface area contributed by atoms with E-state index in [-0.39, 0.29) is 5.03 Å². The Morgan fingerprint density at radius 2 is 2.32 bits per heavy atom. The third-order valence-corrected chi connectivity index (χ3v) is 3.48. The Hall–Kier alpha value is -2.75. The first-order chi connectivity index (χ1) is 10.6. The summed E-state index contributed by atoms with van der Waals surface area (Å²) in [6.45, 7) is 1.59. The van der Waals surface area contributed by atoms with E-state index in [2.05, 4.69) is 25.7 Å². The molecule has 10 heteroatoms. The minimum Gasteiger partial charge on any atom is -0.272 e. The summed E-state index contributed by atoms with van der Waals surface area (Å²) < 4.78 is 0. The van der Waals surface area contributed by atoms with Crippen LogP contribution in [0.4, 0.5) is 0 Å². The first-order valence-electron chi connectivity index (χ1n) is 6.15. The number of nitrogens with zero attached hydrogens (tertiary/aromatic N) is 3. The molecule has 2 heterocycles. The molecule has 0 saturated carbocycles. The average molecular weight is 320 g/mol. The summed E-state index contributed by atoms with van der Waals surface area (Å²) in [4.78, 5) is 40.1. The number of H-pyrrole nitrogens is 2. The number of pyridine rings is 1. The molecule has 22 heavy (non-hydrogen) atoms. The predicted octanol–water partition coefficient (Wildman–Crippen LogP) is -0.516. The van der Waals surface area contributed by atoms with Gasteiger partial charge >= 0.3 is 5.69 Å². The summed E-state index contributed by atoms with van der Waals surface area (Å²) in [5, 5.41) is 8.86. The standard InChI is InChI=1S/C12H12N6O3S/c1-7(22-11-10(20)15-12(21)18-17-11)9(19)16-14-6-8-3-2-4-13-5-8/h2-7H,1H3,(H,16,19)(H2,15,18,20,21)/b14-6+. The van der Waals surface area contributed by atoms with Gasteiger partial charge in [0, 0.05) is 18.0 Å². The highest BCUT2D eigenvalue weighted by molar-refractivity contribution is 8.00. The van der Waals surface area contributed by atoms with Gasteiger partial charge in [-0.05, 0) is 13.0 Å². The van der Waals surface area contributed by atoms with Crippen molar-refractivity contribution in [2.75, 3.05) is 0 Å². The first-order valence-corrected chi connectivity index (χ1v) is 7.03. The Kier molecular flexibility index (Phi) is 5.20. The van der Waals surface area contributed by atoms with Gasteiger partial charge < -0.3 is 0 Å². The number of nitrogens with one attached hydrogen (secondary N) is 3. The number of aromatic amines is 2. The second kappa shape index (κ2) is 7.31. The Morgan fingerprint density at radius 1 is 1.50 bits per heavy atom. The van der Waals surface area contributed by atoms with E-state index in [1.165, 1.54) is 6.21 Å². The molecular weight excluding hydrogens is 308 g/mol. The lowest BCUT2D eigenvalue weighted by molar-refractivity contribution is -0.120.